The van der Waals surface area contributed by atoms with Gasteiger partial charge in [0.2, 0.25) is 0 Å². The normalized spacial score (nSPS) is 23.9. The summed E-state index contributed by atoms with van der Waals surface area (Å²) in [4.78, 5) is 1.53. The number of nitrogens with one attached hydrogen (secondary N) is 1. The minimum absolute atomic E-state index is 0. The molecule has 1 saturated carbocycles. The standard InChI is InChI=1S/C19H23NS.ClH/c1-12-3-6-17-15(7-12)10-18(21-17)19-14-5-4-13(8-14)9-16(19)11-20-2;/h3,6-7,10,13-14,20H,4-5,8-9,11H2,1-2H3;1H. The van der Waals surface area contributed by atoms with Crippen molar-refractivity contribution in [2.75, 3.05) is 13.6 Å². The van der Waals surface area contributed by atoms with Gasteiger partial charge in [-0.2, -0.15) is 0 Å². The van der Waals surface area contributed by atoms with E-state index in [1.807, 2.05) is 11.3 Å². The lowest BCUT2D eigenvalue weighted by atomic mass is 9.82. The first-order valence-corrected chi connectivity index (χ1v) is 8.93. The van der Waals surface area contributed by atoms with E-state index in [2.05, 4.69) is 43.6 Å². The van der Waals surface area contributed by atoms with Crippen LogP contribution in [0.5, 0.6) is 0 Å². The van der Waals surface area contributed by atoms with Gasteiger partial charge >= 0.3 is 0 Å². The first kappa shape index (κ1) is 16.0. The Labute approximate surface area is 143 Å². The summed E-state index contributed by atoms with van der Waals surface area (Å²) in [5.41, 5.74) is 4.73. The molecule has 2 atom stereocenters. The molecule has 2 aromatic rings. The largest absolute Gasteiger partial charge is 0.316 e. The molecule has 2 unspecified atom stereocenters. The van der Waals surface area contributed by atoms with Crippen molar-refractivity contribution in [2.24, 2.45) is 11.8 Å². The second-order valence-electron chi connectivity index (χ2n) is 6.78. The van der Waals surface area contributed by atoms with E-state index in [1.165, 1.54) is 46.2 Å². The van der Waals surface area contributed by atoms with E-state index in [4.69, 9.17) is 0 Å². The van der Waals surface area contributed by atoms with E-state index < -0.39 is 0 Å². The minimum atomic E-state index is 0. The van der Waals surface area contributed by atoms with Crippen LogP contribution in [-0.2, 0) is 0 Å². The maximum absolute atomic E-state index is 3.40. The molecule has 1 heterocycles. The van der Waals surface area contributed by atoms with Gasteiger partial charge in [0.25, 0.3) is 0 Å². The molecule has 4 rings (SSSR count). The molecule has 0 spiro atoms. The predicted octanol–water partition coefficient (Wildman–Crippen LogP) is 5.42. The van der Waals surface area contributed by atoms with E-state index >= 15 is 0 Å². The zero-order chi connectivity index (χ0) is 14.4. The first-order valence-electron chi connectivity index (χ1n) is 8.11. The number of likely N-dealkylation sites (N-methyl/N-ethyl adjacent to an activating group) is 1. The van der Waals surface area contributed by atoms with E-state index in [0.29, 0.717) is 0 Å². The number of thiophene rings is 1. The molecular weight excluding hydrogens is 310 g/mol. The smallest absolute Gasteiger partial charge is 0.0349 e. The van der Waals surface area contributed by atoms with Crippen molar-refractivity contribution in [3.8, 4) is 0 Å². The summed E-state index contributed by atoms with van der Waals surface area (Å²) in [6.07, 6.45) is 5.58. The van der Waals surface area contributed by atoms with Gasteiger partial charge in [0.05, 0.1) is 0 Å². The van der Waals surface area contributed by atoms with Gasteiger partial charge in [0, 0.05) is 16.1 Å². The monoisotopic (exact) mass is 333 g/mol. The van der Waals surface area contributed by atoms with E-state index in [-0.39, 0.29) is 12.4 Å². The van der Waals surface area contributed by atoms with Crippen molar-refractivity contribution in [1.82, 2.24) is 5.32 Å². The Morgan fingerprint density at radius 1 is 1.23 bits per heavy atom. The Balaban J connectivity index is 0.00000144. The van der Waals surface area contributed by atoms with Gasteiger partial charge in [-0.05, 0) is 74.6 Å². The molecule has 1 fully saturated rings. The van der Waals surface area contributed by atoms with Gasteiger partial charge in [0.15, 0.2) is 0 Å². The topological polar surface area (TPSA) is 12.0 Å². The molecular formula is C19H24ClNS. The summed E-state index contributed by atoms with van der Waals surface area (Å²) in [7, 11) is 2.08. The van der Waals surface area contributed by atoms with Crippen LogP contribution in [0.3, 0.4) is 0 Å². The van der Waals surface area contributed by atoms with Crippen LogP contribution >= 0.6 is 23.7 Å². The zero-order valence-corrected chi connectivity index (χ0v) is 14.9. The molecule has 3 heteroatoms. The van der Waals surface area contributed by atoms with Crippen LogP contribution in [0.25, 0.3) is 15.7 Å². The first-order chi connectivity index (χ1) is 10.2. The lowest BCUT2D eigenvalue weighted by Crippen LogP contribution is -2.18. The van der Waals surface area contributed by atoms with Crippen LogP contribution in [0.15, 0.2) is 29.8 Å². The Kier molecular flexibility index (Phi) is 4.63. The molecule has 0 saturated heterocycles. The molecule has 0 aliphatic heterocycles. The van der Waals surface area contributed by atoms with Crippen LogP contribution in [0.4, 0.5) is 0 Å². The third-order valence-corrected chi connectivity index (χ3v) is 6.34. The lowest BCUT2D eigenvalue weighted by Gasteiger charge is -2.26. The average molecular weight is 334 g/mol. The Morgan fingerprint density at radius 2 is 2.09 bits per heavy atom. The van der Waals surface area contributed by atoms with Crippen LogP contribution in [-0.4, -0.2) is 13.6 Å². The van der Waals surface area contributed by atoms with Crippen LogP contribution < -0.4 is 5.32 Å². The molecule has 2 aliphatic carbocycles. The highest BCUT2D eigenvalue weighted by Gasteiger charge is 2.35. The number of aryl methyl sites for hydroxylation is 1. The third-order valence-electron chi connectivity index (χ3n) is 5.19. The van der Waals surface area contributed by atoms with Crippen molar-refractivity contribution in [3.63, 3.8) is 0 Å². The van der Waals surface area contributed by atoms with E-state index in [0.717, 1.165) is 18.4 Å². The Hall–Kier alpha value is -0.830. The van der Waals surface area contributed by atoms with Crippen LogP contribution in [0.1, 0.15) is 36.1 Å². The van der Waals surface area contributed by atoms with Gasteiger partial charge in [-0.15, -0.1) is 23.7 Å². The Morgan fingerprint density at radius 3 is 2.91 bits per heavy atom. The number of fused-ring (bicyclic) bond motifs is 3. The summed E-state index contributed by atoms with van der Waals surface area (Å²) >= 11 is 1.99. The molecule has 22 heavy (non-hydrogen) atoms. The second kappa shape index (κ2) is 6.35. The maximum atomic E-state index is 3.40. The number of benzene rings is 1. The van der Waals surface area contributed by atoms with Gasteiger partial charge in [-0.1, -0.05) is 23.3 Å². The van der Waals surface area contributed by atoms with Gasteiger partial charge < -0.3 is 5.32 Å². The summed E-state index contributed by atoms with van der Waals surface area (Å²) in [5.74, 6) is 1.78. The van der Waals surface area contributed by atoms with Gasteiger partial charge in [-0.25, -0.2) is 0 Å². The van der Waals surface area contributed by atoms with E-state index in [1.54, 1.807) is 11.1 Å². The molecule has 2 aliphatic rings. The minimum Gasteiger partial charge on any atom is -0.316 e. The molecule has 0 radical (unpaired) electrons. The van der Waals surface area contributed by atoms with Crippen molar-refractivity contribution < 1.29 is 0 Å². The molecule has 1 aromatic heterocycles. The fourth-order valence-corrected chi connectivity index (χ4v) is 5.54. The fourth-order valence-electron chi connectivity index (χ4n) is 4.32. The number of allylic oxidation sites excluding steroid dienone is 1. The summed E-state index contributed by atoms with van der Waals surface area (Å²) < 4.78 is 1.44. The van der Waals surface area contributed by atoms with Crippen LogP contribution in [0, 0.1) is 18.8 Å². The average Bonchev–Trinajstić information content (AvgIpc) is 3.03. The second-order valence-corrected chi connectivity index (χ2v) is 7.86. The number of halogens is 1. The Bertz CT molecular complexity index is 715. The van der Waals surface area contributed by atoms with Gasteiger partial charge in [0.1, 0.15) is 0 Å². The summed E-state index contributed by atoms with van der Waals surface area (Å²) in [6.45, 7) is 3.25. The highest BCUT2D eigenvalue weighted by molar-refractivity contribution is 7.20. The van der Waals surface area contributed by atoms with Gasteiger partial charge in [-0.3, -0.25) is 0 Å². The van der Waals surface area contributed by atoms with Crippen molar-refractivity contribution >= 4 is 39.4 Å². The SMILES string of the molecule is CNCC1=C(c2cc3cc(C)ccc3s2)C2CCC(C1)C2.Cl. The molecule has 1 nitrogen and oxygen atoms in total. The fraction of sp³-hybridized carbons (Fsp3) is 0.474. The molecule has 118 valence electrons. The molecule has 1 N–H and O–H groups in total. The highest BCUT2D eigenvalue weighted by atomic mass is 35.5. The summed E-state index contributed by atoms with van der Waals surface area (Å²) in [5, 5.41) is 4.82. The quantitative estimate of drug-likeness (QED) is 0.790. The van der Waals surface area contributed by atoms with Crippen LogP contribution in [0.2, 0.25) is 0 Å². The number of hydrogen-bond donors (Lipinski definition) is 1. The van der Waals surface area contributed by atoms with Crippen molar-refractivity contribution in [3.05, 3.63) is 40.3 Å². The maximum Gasteiger partial charge on any atom is 0.0349 e. The van der Waals surface area contributed by atoms with Crippen molar-refractivity contribution in [2.45, 2.75) is 32.6 Å². The number of hydrogen-bond acceptors (Lipinski definition) is 2. The summed E-state index contributed by atoms with van der Waals surface area (Å²) in [6, 6.07) is 9.29. The highest BCUT2D eigenvalue weighted by Crippen LogP contribution is 2.50. The third kappa shape index (κ3) is 2.73. The molecule has 0 amide bonds. The lowest BCUT2D eigenvalue weighted by molar-refractivity contribution is 0.503. The zero-order valence-electron chi connectivity index (χ0n) is 13.3. The predicted molar refractivity (Wildman–Crippen MR) is 100 cm³/mol. The molecule has 1 aromatic carbocycles. The van der Waals surface area contributed by atoms with Crippen molar-refractivity contribution in [1.29, 1.82) is 0 Å². The molecule has 2 bridgehead atoms. The number of rotatable bonds is 3. The van der Waals surface area contributed by atoms with E-state index in [9.17, 15) is 0 Å².